The van der Waals surface area contributed by atoms with Crippen LogP contribution in [0.1, 0.15) is 6.92 Å². The second kappa shape index (κ2) is 7.60. The zero-order valence-corrected chi connectivity index (χ0v) is 11.6. The van der Waals surface area contributed by atoms with E-state index in [1.54, 1.807) is 38.3 Å². The highest BCUT2D eigenvalue weighted by atomic mass is 16.7. The molecular weight excluding hydrogens is 248 g/mol. The molecule has 6 heteroatoms. The molecule has 1 aromatic rings. The van der Waals surface area contributed by atoms with Gasteiger partial charge in [0.05, 0.1) is 13.2 Å². The summed E-state index contributed by atoms with van der Waals surface area (Å²) < 4.78 is 15.2. The summed E-state index contributed by atoms with van der Waals surface area (Å²) in [6.07, 6.45) is -0.490. The Bertz CT molecular complexity index is 407. The summed E-state index contributed by atoms with van der Waals surface area (Å²) in [5.74, 6) is 0.678. The summed E-state index contributed by atoms with van der Waals surface area (Å²) in [6, 6.07) is 6.49. The lowest BCUT2D eigenvalue weighted by atomic mass is 10.3. The topological polar surface area (TPSA) is 68.8 Å². The zero-order valence-electron chi connectivity index (χ0n) is 11.6. The fourth-order valence-corrected chi connectivity index (χ4v) is 1.65. The van der Waals surface area contributed by atoms with Crippen LogP contribution in [0.2, 0.25) is 0 Å². The molecule has 0 aliphatic carbocycles. The van der Waals surface area contributed by atoms with Gasteiger partial charge in [-0.05, 0) is 19.1 Å². The van der Waals surface area contributed by atoms with Gasteiger partial charge in [-0.1, -0.05) is 6.07 Å². The number of benzene rings is 1. The van der Waals surface area contributed by atoms with Crippen molar-refractivity contribution in [3.63, 3.8) is 0 Å². The van der Waals surface area contributed by atoms with Crippen LogP contribution < -0.4 is 15.4 Å². The minimum atomic E-state index is -0.490. The van der Waals surface area contributed by atoms with Gasteiger partial charge in [-0.3, -0.25) is 0 Å². The highest BCUT2D eigenvalue weighted by Crippen LogP contribution is 2.16. The van der Waals surface area contributed by atoms with Crippen LogP contribution in [0.4, 0.5) is 10.5 Å². The second-order valence-electron chi connectivity index (χ2n) is 3.96. The molecule has 19 heavy (non-hydrogen) atoms. The van der Waals surface area contributed by atoms with Gasteiger partial charge in [0.2, 0.25) is 0 Å². The van der Waals surface area contributed by atoms with Crippen molar-refractivity contribution in [2.75, 3.05) is 26.6 Å². The van der Waals surface area contributed by atoms with E-state index in [4.69, 9.17) is 14.2 Å². The summed E-state index contributed by atoms with van der Waals surface area (Å²) in [4.78, 5) is 11.8. The average molecular weight is 268 g/mol. The van der Waals surface area contributed by atoms with Gasteiger partial charge in [0.1, 0.15) is 5.75 Å². The van der Waals surface area contributed by atoms with Crippen LogP contribution in [0.5, 0.6) is 5.75 Å². The van der Waals surface area contributed by atoms with Crippen LogP contribution >= 0.6 is 0 Å². The van der Waals surface area contributed by atoms with Crippen LogP contribution in [0.3, 0.4) is 0 Å². The van der Waals surface area contributed by atoms with E-state index >= 15 is 0 Å². The van der Waals surface area contributed by atoms with E-state index < -0.39 is 6.29 Å². The lowest BCUT2D eigenvalue weighted by molar-refractivity contribution is -0.117. The van der Waals surface area contributed by atoms with Gasteiger partial charge in [-0.15, -0.1) is 0 Å². The molecule has 0 aliphatic rings. The molecule has 0 saturated heterocycles. The van der Waals surface area contributed by atoms with Gasteiger partial charge in [0.15, 0.2) is 6.29 Å². The van der Waals surface area contributed by atoms with Gasteiger partial charge in [-0.2, -0.15) is 0 Å². The Kier molecular flexibility index (Phi) is 6.11. The van der Waals surface area contributed by atoms with Crippen molar-refractivity contribution in [1.29, 1.82) is 0 Å². The molecule has 1 rings (SSSR count). The van der Waals surface area contributed by atoms with Crippen molar-refractivity contribution in [1.82, 2.24) is 5.32 Å². The Hall–Kier alpha value is -1.79. The van der Waals surface area contributed by atoms with Crippen LogP contribution in [-0.4, -0.2) is 39.7 Å². The van der Waals surface area contributed by atoms with E-state index in [1.165, 1.54) is 14.2 Å². The first-order valence-electron chi connectivity index (χ1n) is 5.88. The van der Waals surface area contributed by atoms with E-state index in [2.05, 4.69) is 10.6 Å². The molecule has 0 heterocycles. The molecule has 1 atom stereocenters. The fraction of sp³-hybridized carbons (Fsp3) is 0.462. The molecular formula is C13H20N2O4. The smallest absolute Gasteiger partial charge is 0.319 e. The number of urea groups is 1. The number of amides is 2. The van der Waals surface area contributed by atoms with Crippen molar-refractivity contribution in [3.8, 4) is 5.75 Å². The predicted octanol–water partition coefficient (Wildman–Crippen LogP) is 1.82. The number of ether oxygens (including phenoxy) is 3. The highest BCUT2D eigenvalue weighted by Gasteiger charge is 2.17. The summed E-state index contributed by atoms with van der Waals surface area (Å²) in [5, 5.41) is 5.44. The van der Waals surface area contributed by atoms with Crippen LogP contribution in [0.15, 0.2) is 24.3 Å². The number of carbonyl (C=O) groups excluding carboxylic acids is 1. The summed E-state index contributed by atoms with van der Waals surface area (Å²) in [5.41, 5.74) is 0.649. The minimum absolute atomic E-state index is 0.277. The molecule has 6 nitrogen and oxygen atoms in total. The summed E-state index contributed by atoms with van der Waals surface area (Å²) in [6.45, 7) is 1.79. The standard InChI is InChI=1S/C13H20N2O4/c1-9(12(18-3)19-4)14-13(16)15-10-6-5-7-11(8-10)17-2/h5-9,12H,1-4H3,(H2,14,15,16). The monoisotopic (exact) mass is 268 g/mol. The third-order valence-corrected chi connectivity index (χ3v) is 2.56. The van der Waals surface area contributed by atoms with Crippen molar-refractivity contribution >= 4 is 11.7 Å². The lowest BCUT2D eigenvalue weighted by Crippen LogP contribution is -2.44. The first-order chi connectivity index (χ1) is 9.10. The van der Waals surface area contributed by atoms with Crippen molar-refractivity contribution < 1.29 is 19.0 Å². The predicted molar refractivity (Wildman–Crippen MR) is 72.4 cm³/mol. The van der Waals surface area contributed by atoms with E-state index in [9.17, 15) is 4.79 Å². The first kappa shape index (κ1) is 15.3. The maximum Gasteiger partial charge on any atom is 0.319 e. The second-order valence-corrected chi connectivity index (χ2v) is 3.96. The highest BCUT2D eigenvalue weighted by molar-refractivity contribution is 5.89. The van der Waals surface area contributed by atoms with Crippen molar-refractivity contribution in [2.24, 2.45) is 0 Å². The van der Waals surface area contributed by atoms with E-state index in [0.717, 1.165) is 0 Å². The van der Waals surface area contributed by atoms with Gasteiger partial charge < -0.3 is 24.8 Å². The van der Waals surface area contributed by atoms with Crippen LogP contribution in [0, 0.1) is 0 Å². The third kappa shape index (κ3) is 4.76. The summed E-state index contributed by atoms with van der Waals surface area (Å²) >= 11 is 0. The molecule has 1 unspecified atom stereocenters. The van der Waals surface area contributed by atoms with E-state index in [-0.39, 0.29) is 12.1 Å². The number of nitrogens with one attached hydrogen (secondary N) is 2. The Morgan fingerprint density at radius 1 is 1.21 bits per heavy atom. The Morgan fingerprint density at radius 2 is 1.89 bits per heavy atom. The lowest BCUT2D eigenvalue weighted by Gasteiger charge is -2.22. The van der Waals surface area contributed by atoms with E-state index in [0.29, 0.717) is 11.4 Å². The first-order valence-corrected chi connectivity index (χ1v) is 5.88. The quantitative estimate of drug-likeness (QED) is 0.772. The molecule has 0 aromatic heterocycles. The average Bonchev–Trinajstić information content (AvgIpc) is 2.40. The fourth-order valence-electron chi connectivity index (χ4n) is 1.65. The molecule has 0 aliphatic heterocycles. The molecule has 1 aromatic carbocycles. The molecule has 0 spiro atoms. The van der Waals surface area contributed by atoms with Crippen molar-refractivity contribution in [2.45, 2.75) is 19.3 Å². The summed E-state index contributed by atoms with van der Waals surface area (Å²) in [7, 11) is 4.61. The van der Waals surface area contributed by atoms with Crippen LogP contribution in [-0.2, 0) is 9.47 Å². The molecule has 2 amide bonds. The number of hydrogen-bond acceptors (Lipinski definition) is 4. The molecule has 0 saturated carbocycles. The normalized spacial score (nSPS) is 12.1. The SMILES string of the molecule is COc1cccc(NC(=O)NC(C)C(OC)OC)c1. The number of methoxy groups -OCH3 is 3. The number of hydrogen-bond donors (Lipinski definition) is 2. The zero-order chi connectivity index (χ0) is 14.3. The number of carbonyl (C=O) groups is 1. The van der Waals surface area contributed by atoms with Gasteiger partial charge >= 0.3 is 6.03 Å². The van der Waals surface area contributed by atoms with Gasteiger partial charge in [-0.25, -0.2) is 4.79 Å². The van der Waals surface area contributed by atoms with Gasteiger partial charge in [0, 0.05) is 26.0 Å². The van der Waals surface area contributed by atoms with E-state index in [1.807, 2.05) is 0 Å². The third-order valence-electron chi connectivity index (χ3n) is 2.56. The molecule has 106 valence electrons. The Morgan fingerprint density at radius 3 is 2.47 bits per heavy atom. The number of rotatable bonds is 6. The molecule has 0 fully saturated rings. The van der Waals surface area contributed by atoms with Crippen LogP contribution in [0.25, 0.3) is 0 Å². The maximum absolute atomic E-state index is 11.8. The van der Waals surface area contributed by atoms with Crippen molar-refractivity contribution in [3.05, 3.63) is 24.3 Å². The Labute approximate surface area is 113 Å². The largest absolute Gasteiger partial charge is 0.497 e. The molecule has 2 N–H and O–H groups in total. The minimum Gasteiger partial charge on any atom is -0.497 e. The molecule has 0 bridgehead atoms. The number of anilines is 1. The Balaban J connectivity index is 2.54. The molecule has 0 radical (unpaired) electrons. The van der Waals surface area contributed by atoms with Gasteiger partial charge in [0.25, 0.3) is 0 Å². The maximum atomic E-state index is 11.8.